The van der Waals surface area contributed by atoms with Gasteiger partial charge in [0.15, 0.2) is 0 Å². The first-order valence-electron chi connectivity index (χ1n) is 8.66. The van der Waals surface area contributed by atoms with E-state index in [1.165, 1.54) is 0 Å². The van der Waals surface area contributed by atoms with Crippen LogP contribution in [0.25, 0.3) is 0 Å². The maximum atomic E-state index is 12.9. The molecule has 26 heavy (non-hydrogen) atoms. The van der Waals surface area contributed by atoms with Crippen molar-refractivity contribution in [3.8, 4) is 0 Å². The van der Waals surface area contributed by atoms with Gasteiger partial charge in [-0.25, -0.2) is 14.8 Å². The normalized spacial score (nSPS) is 25.9. The number of carbonyl (C=O) groups is 1. The molecular weight excluding hydrogens is 349 g/mol. The summed E-state index contributed by atoms with van der Waals surface area (Å²) < 4.78 is 43.9. The summed E-state index contributed by atoms with van der Waals surface area (Å²) in [5.41, 5.74) is -1.51. The van der Waals surface area contributed by atoms with Gasteiger partial charge in [-0.15, -0.1) is 0 Å². The molecule has 2 bridgehead atoms. The number of fused-ring (bicyclic) bond motifs is 2. The van der Waals surface area contributed by atoms with Gasteiger partial charge < -0.3 is 15.0 Å². The lowest BCUT2D eigenvalue weighted by molar-refractivity contribution is -0.141. The number of halogens is 3. The lowest BCUT2D eigenvalue weighted by atomic mass is 9.92. The van der Waals surface area contributed by atoms with Gasteiger partial charge in [-0.05, 0) is 45.4 Å². The summed E-state index contributed by atoms with van der Waals surface area (Å²) in [5.74, 6) is 0.594. The number of nitrogens with one attached hydrogen (secondary N) is 1. The Kier molecular flexibility index (Phi) is 4.74. The molecule has 2 heterocycles. The third kappa shape index (κ3) is 4.19. The highest BCUT2D eigenvalue weighted by Crippen LogP contribution is 2.39. The number of alkyl carbamates (subject to hydrolysis) is 1. The Bertz CT molecular complexity index is 661. The van der Waals surface area contributed by atoms with E-state index in [4.69, 9.17) is 4.74 Å². The van der Waals surface area contributed by atoms with E-state index in [0.29, 0.717) is 13.1 Å². The van der Waals surface area contributed by atoms with Crippen molar-refractivity contribution >= 4 is 11.9 Å². The van der Waals surface area contributed by atoms with Crippen LogP contribution in [0.15, 0.2) is 12.4 Å². The van der Waals surface area contributed by atoms with Crippen LogP contribution in [0.1, 0.15) is 39.3 Å². The lowest BCUT2D eigenvalue weighted by Gasteiger charge is -2.39. The van der Waals surface area contributed by atoms with Crippen molar-refractivity contribution in [2.45, 2.75) is 51.4 Å². The fraction of sp³-hybridized carbons (Fsp3) is 0.706. The van der Waals surface area contributed by atoms with Gasteiger partial charge in [0.1, 0.15) is 23.4 Å². The molecule has 1 N–H and O–H groups in total. The number of aromatic nitrogens is 2. The number of hydrogen-bond donors (Lipinski definition) is 1. The molecule has 1 aliphatic heterocycles. The van der Waals surface area contributed by atoms with Gasteiger partial charge in [-0.3, -0.25) is 0 Å². The first kappa shape index (κ1) is 18.7. The minimum absolute atomic E-state index is 0.0231. The average Bonchev–Trinajstić information content (AvgIpc) is 2.75. The number of ether oxygens (including phenoxy) is 1. The van der Waals surface area contributed by atoms with Crippen LogP contribution in [0.2, 0.25) is 0 Å². The highest BCUT2D eigenvalue weighted by atomic mass is 19.4. The molecule has 3 atom stereocenters. The molecule has 1 aromatic heterocycles. The molecular formula is C17H23F3N4O2. The molecule has 1 unspecified atom stereocenters. The topological polar surface area (TPSA) is 67.3 Å². The largest absolute Gasteiger partial charge is 0.444 e. The van der Waals surface area contributed by atoms with Crippen molar-refractivity contribution in [3.63, 3.8) is 0 Å². The quantitative estimate of drug-likeness (QED) is 0.863. The molecule has 9 heteroatoms. The average molecular weight is 372 g/mol. The zero-order valence-corrected chi connectivity index (χ0v) is 15.0. The van der Waals surface area contributed by atoms with E-state index in [-0.39, 0.29) is 23.7 Å². The van der Waals surface area contributed by atoms with E-state index in [9.17, 15) is 18.0 Å². The molecule has 1 saturated carbocycles. The molecule has 1 saturated heterocycles. The number of carbonyl (C=O) groups excluding carboxylic acids is 1. The number of alkyl halides is 3. The molecule has 0 aromatic carbocycles. The third-order valence-electron chi connectivity index (χ3n) is 4.78. The van der Waals surface area contributed by atoms with Crippen molar-refractivity contribution in [1.82, 2.24) is 15.3 Å². The first-order valence-corrected chi connectivity index (χ1v) is 8.66. The molecule has 2 aliphatic rings. The first-order chi connectivity index (χ1) is 12.0. The van der Waals surface area contributed by atoms with Crippen molar-refractivity contribution in [2.24, 2.45) is 11.8 Å². The Morgan fingerprint density at radius 2 is 1.81 bits per heavy atom. The molecule has 2 fully saturated rings. The summed E-state index contributed by atoms with van der Waals surface area (Å²) in [6.45, 7) is 6.50. The van der Waals surface area contributed by atoms with E-state index in [2.05, 4.69) is 15.3 Å². The van der Waals surface area contributed by atoms with Crippen LogP contribution in [0, 0.1) is 11.8 Å². The predicted molar refractivity (Wildman–Crippen MR) is 88.6 cm³/mol. The summed E-state index contributed by atoms with van der Waals surface area (Å²) >= 11 is 0. The second kappa shape index (κ2) is 6.59. The summed E-state index contributed by atoms with van der Waals surface area (Å²) in [6, 6.07) is 0.964. The van der Waals surface area contributed by atoms with Gasteiger partial charge >= 0.3 is 12.3 Å². The van der Waals surface area contributed by atoms with Crippen molar-refractivity contribution < 1.29 is 22.7 Å². The van der Waals surface area contributed by atoms with E-state index in [1.54, 1.807) is 20.8 Å². The highest BCUT2D eigenvalue weighted by molar-refractivity contribution is 5.68. The minimum atomic E-state index is -4.49. The van der Waals surface area contributed by atoms with Crippen LogP contribution in [0.4, 0.5) is 23.8 Å². The Hall–Kier alpha value is -2.06. The molecule has 144 valence electrons. The van der Waals surface area contributed by atoms with E-state index >= 15 is 0 Å². The Morgan fingerprint density at radius 1 is 1.19 bits per heavy atom. The molecule has 6 nitrogen and oxygen atoms in total. The van der Waals surface area contributed by atoms with Gasteiger partial charge in [-0.2, -0.15) is 13.2 Å². The Balaban J connectivity index is 1.68. The Morgan fingerprint density at radius 3 is 2.35 bits per heavy atom. The van der Waals surface area contributed by atoms with Crippen LogP contribution >= 0.6 is 0 Å². The van der Waals surface area contributed by atoms with Crippen LogP contribution in [0.3, 0.4) is 0 Å². The van der Waals surface area contributed by atoms with Crippen LogP contribution in [0.5, 0.6) is 0 Å². The predicted octanol–water partition coefficient (Wildman–Crippen LogP) is 3.23. The smallest absolute Gasteiger partial charge is 0.433 e. The fourth-order valence-corrected chi connectivity index (χ4v) is 3.76. The summed E-state index contributed by atoms with van der Waals surface area (Å²) in [6.07, 6.45) is -2.16. The zero-order valence-electron chi connectivity index (χ0n) is 15.0. The minimum Gasteiger partial charge on any atom is -0.444 e. The van der Waals surface area contributed by atoms with E-state index in [1.807, 2.05) is 4.90 Å². The van der Waals surface area contributed by atoms with Gasteiger partial charge in [-0.1, -0.05) is 0 Å². The number of nitrogens with zero attached hydrogens (tertiary/aromatic N) is 3. The molecule has 0 radical (unpaired) electrons. The maximum Gasteiger partial charge on any atom is 0.433 e. The SMILES string of the molecule is CC(C)(C)OC(=O)NC1[C@@H]2CC[C@H]1CN(c1cc(C(F)(F)F)ncn1)C2. The summed E-state index contributed by atoms with van der Waals surface area (Å²) in [4.78, 5) is 21.2. The third-order valence-corrected chi connectivity index (χ3v) is 4.78. The van der Waals surface area contributed by atoms with Gasteiger partial charge in [0.25, 0.3) is 0 Å². The highest BCUT2D eigenvalue weighted by Gasteiger charge is 2.44. The van der Waals surface area contributed by atoms with Crippen molar-refractivity contribution in [2.75, 3.05) is 18.0 Å². The number of hydrogen-bond acceptors (Lipinski definition) is 5. The van der Waals surface area contributed by atoms with E-state index < -0.39 is 23.6 Å². The molecule has 3 rings (SSSR count). The van der Waals surface area contributed by atoms with Gasteiger partial charge in [0.2, 0.25) is 0 Å². The second-order valence-electron chi connectivity index (χ2n) is 7.93. The molecule has 1 amide bonds. The zero-order chi connectivity index (χ0) is 19.1. The van der Waals surface area contributed by atoms with Crippen LogP contribution in [-0.2, 0) is 10.9 Å². The molecule has 1 aliphatic carbocycles. The van der Waals surface area contributed by atoms with Crippen molar-refractivity contribution in [3.05, 3.63) is 18.1 Å². The summed E-state index contributed by atoms with van der Waals surface area (Å²) in [5, 5.41) is 2.94. The standard InChI is InChI=1S/C17H23F3N4O2/c1-16(2,3)26-15(25)23-14-10-4-5-11(14)8-24(7-10)13-6-12(17(18,19)20)21-9-22-13/h6,9-11,14H,4-5,7-8H2,1-3H3,(H,23,25)/t10-,11+,14?. The summed E-state index contributed by atoms with van der Waals surface area (Å²) in [7, 11) is 0. The number of anilines is 1. The van der Waals surface area contributed by atoms with Crippen LogP contribution < -0.4 is 10.2 Å². The number of amides is 1. The maximum absolute atomic E-state index is 12.9. The molecule has 0 spiro atoms. The molecule has 1 aromatic rings. The second-order valence-corrected chi connectivity index (χ2v) is 7.93. The monoisotopic (exact) mass is 372 g/mol. The van der Waals surface area contributed by atoms with Gasteiger partial charge in [0, 0.05) is 25.2 Å². The van der Waals surface area contributed by atoms with Gasteiger partial charge in [0.05, 0.1) is 0 Å². The van der Waals surface area contributed by atoms with Crippen LogP contribution in [-0.4, -0.2) is 40.8 Å². The van der Waals surface area contributed by atoms with Crippen molar-refractivity contribution in [1.29, 1.82) is 0 Å². The number of piperidine rings is 1. The Labute approximate surface area is 150 Å². The lowest BCUT2D eigenvalue weighted by Crippen LogP contribution is -2.53. The number of rotatable bonds is 2. The van der Waals surface area contributed by atoms with E-state index in [0.717, 1.165) is 25.2 Å². The fourth-order valence-electron chi connectivity index (χ4n) is 3.76.